The van der Waals surface area contributed by atoms with Crippen LogP contribution in [0.1, 0.15) is 24.0 Å². The van der Waals surface area contributed by atoms with Gasteiger partial charge in [0.2, 0.25) is 5.91 Å². The normalized spacial score (nSPS) is 17.0. The standard InChI is InChI=1S/C15H18F3NO2/c16-15(17,18)13-3-1-11(2-4-13)9-14(21)19-7-5-12(10-20)6-8-19/h1-4,12,20H,5-10H2. The van der Waals surface area contributed by atoms with E-state index in [0.29, 0.717) is 18.7 Å². The van der Waals surface area contributed by atoms with Crippen molar-refractivity contribution in [2.75, 3.05) is 19.7 Å². The van der Waals surface area contributed by atoms with Gasteiger partial charge in [0.05, 0.1) is 12.0 Å². The molecule has 1 fully saturated rings. The second-order valence-electron chi connectivity index (χ2n) is 5.38. The summed E-state index contributed by atoms with van der Waals surface area (Å²) in [6.07, 6.45) is -2.69. The predicted octanol–water partition coefficient (Wildman–Crippen LogP) is 2.48. The maximum Gasteiger partial charge on any atom is 0.416 e. The minimum atomic E-state index is -4.35. The fourth-order valence-electron chi connectivity index (χ4n) is 2.46. The maximum atomic E-state index is 12.4. The fourth-order valence-corrected chi connectivity index (χ4v) is 2.46. The number of aliphatic hydroxyl groups excluding tert-OH is 1. The average Bonchev–Trinajstić information content (AvgIpc) is 2.47. The highest BCUT2D eigenvalue weighted by Crippen LogP contribution is 2.29. The zero-order chi connectivity index (χ0) is 15.5. The number of nitrogens with zero attached hydrogens (tertiary/aromatic N) is 1. The molecular weight excluding hydrogens is 283 g/mol. The summed E-state index contributed by atoms with van der Waals surface area (Å²) >= 11 is 0. The number of carbonyl (C=O) groups is 1. The van der Waals surface area contributed by atoms with Crippen molar-refractivity contribution in [3.63, 3.8) is 0 Å². The van der Waals surface area contributed by atoms with Crippen LogP contribution in [0.5, 0.6) is 0 Å². The molecule has 3 nitrogen and oxygen atoms in total. The first-order chi connectivity index (χ1) is 9.90. The lowest BCUT2D eigenvalue weighted by atomic mass is 9.97. The molecule has 0 spiro atoms. The highest BCUT2D eigenvalue weighted by molar-refractivity contribution is 5.78. The Labute approximate surface area is 121 Å². The summed E-state index contributed by atoms with van der Waals surface area (Å²) in [5, 5.41) is 9.05. The van der Waals surface area contributed by atoms with Gasteiger partial charge in [0.25, 0.3) is 0 Å². The number of hydrogen-bond donors (Lipinski definition) is 1. The van der Waals surface area contributed by atoms with Gasteiger partial charge >= 0.3 is 6.18 Å². The van der Waals surface area contributed by atoms with Crippen molar-refractivity contribution in [3.05, 3.63) is 35.4 Å². The summed E-state index contributed by atoms with van der Waals surface area (Å²) < 4.78 is 37.3. The van der Waals surface area contributed by atoms with Gasteiger partial charge in [-0.3, -0.25) is 4.79 Å². The monoisotopic (exact) mass is 301 g/mol. The van der Waals surface area contributed by atoms with Gasteiger partial charge in [-0.15, -0.1) is 0 Å². The number of amides is 1. The summed E-state index contributed by atoms with van der Waals surface area (Å²) in [5.41, 5.74) is -0.125. The first-order valence-corrected chi connectivity index (χ1v) is 6.95. The minimum Gasteiger partial charge on any atom is -0.396 e. The van der Waals surface area contributed by atoms with Gasteiger partial charge in [0.1, 0.15) is 0 Å². The Morgan fingerprint density at radius 1 is 1.19 bits per heavy atom. The molecule has 6 heteroatoms. The first-order valence-electron chi connectivity index (χ1n) is 6.95. The van der Waals surface area contributed by atoms with Crippen molar-refractivity contribution in [2.45, 2.75) is 25.4 Å². The molecule has 1 aliphatic heterocycles. The molecule has 0 radical (unpaired) electrons. The second kappa shape index (κ2) is 6.47. The van der Waals surface area contributed by atoms with Crippen LogP contribution in [0.3, 0.4) is 0 Å². The predicted molar refractivity (Wildman–Crippen MR) is 71.5 cm³/mol. The summed E-state index contributed by atoms with van der Waals surface area (Å²) in [6.45, 7) is 1.34. The Balaban J connectivity index is 1.91. The van der Waals surface area contributed by atoms with Gasteiger partial charge in [0.15, 0.2) is 0 Å². The molecule has 0 aromatic heterocycles. The summed E-state index contributed by atoms with van der Waals surface area (Å²) in [6, 6.07) is 4.70. The van der Waals surface area contributed by atoms with Crippen molar-refractivity contribution < 1.29 is 23.1 Å². The highest BCUT2D eigenvalue weighted by Gasteiger charge is 2.30. The lowest BCUT2D eigenvalue weighted by molar-refractivity contribution is -0.137. The molecule has 116 valence electrons. The van der Waals surface area contributed by atoms with Crippen LogP contribution in [0.4, 0.5) is 13.2 Å². The molecule has 0 bridgehead atoms. The van der Waals surface area contributed by atoms with Crippen LogP contribution in [0.2, 0.25) is 0 Å². The zero-order valence-corrected chi connectivity index (χ0v) is 11.6. The SMILES string of the molecule is O=C(Cc1ccc(C(F)(F)F)cc1)N1CCC(CO)CC1. The minimum absolute atomic E-state index is 0.0776. The molecule has 1 saturated heterocycles. The number of aliphatic hydroxyl groups is 1. The Morgan fingerprint density at radius 3 is 2.24 bits per heavy atom. The lowest BCUT2D eigenvalue weighted by Crippen LogP contribution is -2.40. The van der Waals surface area contributed by atoms with Crippen LogP contribution in [0, 0.1) is 5.92 Å². The Kier molecular flexibility index (Phi) is 4.88. The fraction of sp³-hybridized carbons (Fsp3) is 0.533. The molecule has 0 saturated carbocycles. The third-order valence-electron chi connectivity index (χ3n) is 3.86. The molecule has 1 aromatic carbocycles. The van der Waals surface area contributed by atoms with E-state index < -0.39 is 11.7 Å². The third kappa shape index (κ3) is 4.20. The number of alkyl halides is 3. The van der Waals surface area contributed by atoms with E-state index in [1.54, 1.807) is 4.90 Å². The van der Waals surface area contributed by atoms with Gasteiger partial charge in [-0.1, -0.05) is 12.1 Å². The number of carbonyl (C=O) groups excluding carboxylic acids is 1. The number of likely N-dealkylation sites (tertiary alicyclic amines) is 1. The molecule has 1 aromatic rings. The van der Waals surface area contributed by atoms with Gasteiger partial charge in [-0.25, -0.2) is 0 Å². The average molecular weight is 301 g/mol. The number of piperidine rings is 1. The molecular formula is C15H18F3NO2. The number of rotatable bonds is 3. The Bertz CT molecular complexity index is 477. The number of hydrogen-bond acceptors (Lipinski definition) is 2. The number of halogens is 3. The lowest BCUT2D eigenvalue weighted by Gasteiger charge is -2.31. The van der Waals surface area contributed by atoms with Crippen LogP contribution in [0.15, 0.2) is 24.3 Å². The zero-order valence-electron chi connectivity index (χ0n) is 11.6. The van der Waals surface area contributed by atoms with Gasteiger partial charge in [-0.2, -0.15) is 13.2 Å². The van der Waals surface area contributed by atoms with E-state index in [4.69, 9.17) is 5.11 Å². The van der Waals surface area contributed by atoms with Crippen LogP contribution in [0.25, 0.3) is 0 Å². The molecule has 1 heterocycles. The molecule has 1 aliphatic rings. The van der Waals surface area contributed by atoms with Gasteiger partial charge in [0, 0.05) is 19.7 Å². The van der Waals surface area contributed by atoms with E-state index in [9.17, 15) is 18.0 Å². The second-order valence-corrected chi connectivity index (χ2v) is 5.38. The summed E-state index contributed by atoms with van der Waals surface area (Å²) in [7, 11) is 0. The quantitative estimate of drug-likeness (QED) is 0.932. The van der Waals surface area contributed by atoms with Crippen molar-refractivity contribution in [3.8, 4) is 0 Å². The highest BCUT2D eigenvalue weighted by atomic mass is 19.4. The molecule has 0 unspecified atom stereocenters. The third-order valence-corrected chi connectivity index (χ3v) is 3.86. The van der Waals surface area contributed by atoms with E-state index >= 15 is 0 Å². The van der Waals surface area contributed by atoms with E-state index in [1.165, 1.54) is 12.1 Å². The summed E-state index contributed by atoms with van der Waals surface area (Å²) in [5.74, 6) is 0.172. The van der Waals surface area contributed by atoms with Crippen LogP contribution in [-0.2, 0) is 17.4 Å². The van der Waals surface area contributed by atoms with Crippen molar-refractivity contribution >= 4 is 5.91 Å². The maximum absolute atomic E-state index is 12.4. The van der Waals surface area contributed by atoms with Crippen molar-refractivity contribution in [1.82, 2.24) is 4.90 Å². The number of benzene rings is 1. The van der Waals surface area contributed by atoms with Crippen LogP contribution in [-0.4, -0.2) is 35.6 Å². The Morgan fingerprint density at radius 2 is 1.76 bits per heavy atom. The van der Waals surface area contributed by atoms with E-state index in [2.05, 4.69) is 0 Å². The largest absolute Gasteiger partial charge is 0.416 e. The Hall–Kier alpha value is -1.56. The van der Waals surface area contributed by atoms with Crippen LogP contribution < -0.4 is 0 Å². The van der Waals surface area contributed by atoms with E-state index in [-0.39, 0.29) is 24.9 Å². The molecule has 21 heavy (non-hydrogen) atoms. The summed E-state index contributed by atoms with van der Waals surface area (Å²) in [4.78, 5) is 13.8. The van der Waals surface area contributed by atoms with E-state index in [1.807, 2.05) is 0 Å². The van der Waals surface area contributed by atoms with Gasteiger partial charge in [-0.05, 0) is 36.5 Å². The van der Waals surface area contributed by atoms with E-state index in [0.717, 1.165) is 25.0 Å². The molecule has 1 N–H and O–H groups in total. The van der Waals surface area contributed by atoms with Crippen LogP contribution >= 0.6 is 0 Å². The van der Waals surface area contributed by atoms with Crippen molar-refractivity contribution in [1.29, 1.82) is 0 Å². The molecule has 0 atom stereocenters. The molecule has 0 aliphatic carbocycles. The molecule has 1 amide bonds. The van der Waals surface area contributed by atoms with Crippen molar-refractivity contribution in [2.24, 2.45) is 5.92 Å². The smallest absolute Gasteiger partial charge is 0.396 e. The van der Waals surface area contributed by atoms with Gasteiger partial charge < -0.3 is 10.0 Å². The first kappa shape index (κ1) is 15.8. The molecule has 2 rings (SSSR count). The topological polar surface area (TPSA) is 40.5 Å².